The molecule has 37 heavy (non-hydrogen) atoms. The van der Waals surface area contributed by atoms with Crippen molar-refractivity contribution in [1.82, 2.24) is 4.98 Å². The molecule has 2 saturated carbocycles. The molecule has 0 atom stereocenters. The molecule has 3 nitrogen and oxygen atoms in total. The van der Waals surface area contributed by atoms with Crippen LogP contribution in [0.5, 0.6) is 5.75 Å². The molecule has 0 bridgehead atoms. The van der Waals surface area contributed by atoms with Crippen LogP contribution >= 0.6 is 0 Å². The molecule has 2 aromatic carbocycles. The second-order valence-corrected chi connectivity index (χ2v) is 11.1. The predicted octanol–water partition coefficient (Wildman–Crippen LogP) is 9.47. The molecule has 3 aromatic rings. The monoisotopic (exact) mass is 517 g/mol. The smallest absolute Gasteiger partial charge is 0.400 e. The SMILES string of the molecule is CCCC1CCC(C2CCC(C(F)(F)Oc3c(F)cc(-c4nc5cc(C)ccc5o4)cc3F)CC2)CC1. The molecule has 5 rings (SSSR count). The Morgan fingerprint density at radius 3 is 2.16 bits per heavy atom. The molecule has 0 saturated heterocycles. The standard InChI is InChI=1S/C30H35F4NO2/c1-3-4-19-6-8-20(9-7-19)21-10-12-23(13-11-21)30(33,34)37-28-24(31)16-22(17-25(28)32)29-35-26-15-18(2)5-14-27(26)36-29/h5,14-17,19-21,23H,3-4,6-13H2,1-2H3. The maximum absolute atomic E-state index is 15.1. The average Bonchev–Trinajstić information content (AvgIpc) is 3.30. The van der Waals surface area contributed by atoms with E-state index in [0.29, 0.717) is 48.6 Å². The fraction of sp³-hybridized carbons (Fsp3) is 0.567. The van der Waals surface area contributed by atoms with Crippen molar-refractivity contribution in [2.45, 2.75) is 84.2 Å². The number of alkyl halides is 2. The summed E-state index contributed by atoms with van der Waals surface area (Å²) in [5.41, 5.74) is 2.00. The summed E-state index contributed by atoms with van der Waals surface area (Å²) in [6, 6.07) is 7.20. The molecule has 0 aliphatic heterocycles. The number of aromatic nitrogens is 1. The Morgan fingerprint density at radius 1 is 0.919 bits per heavy atom. The Labute approximate surface area is 215 Å². The van der Waals surface area contributed by atoms with Crippen LogP contribution in [0.25, 0.3) is 22.6 Å². The highest BCUT2D eigenvalue weighted by atomic mass is 19.3. The van der Waals surface area contributed by atoms with Gasteiger partial charge in [-0.05, 0) is 93.0 Å². The van der Waals surface area contributed by atoms with Crippen LogP contribution in [0.15, 0.2) is 34.7 Å². The third-order valence-corrected chi connectivity index (χ3v) is 8.53. The van der Waals surface area contributed by atoms with E-state index in [1.807, 2.05) is 13.0 Å². The Morgan fingerprint density at radius 2 is 1.54 bits per heavy atom. The molecule has 0 N–H and O–H groups in total. The van der Waals surface area contributed by atoms with Crippen LogP contribution in [-0.2, 0) is 0 Å². The van der Waals surface area contributed by atoms with Crippen LogP contribution in [-0.4, -0.2) is 11.1 Å². The second-order valence-electron chi connectivity index (χ2n) is 11.1. The fourth-order valence-electron chi connectivity index (χ4n) is 6.44. The van der Waals surface area contributed by atoms with Gasteiger partial charge < -0.3 is 9.15 Å². The van der Waals surface area contributed by atoms with E-state index in [0.717, 1.165) is 23.6 Å². The zero-order valence-corrected chi connectivity index (χ0v) is 21.5. The summed E-state index contributed by atoms with van der Waals surface area (Å²) in [7, 11) is 0. The van der Waals surface area contributed by atoms with Gasteiger partial charge in [-0.2, -0.15) is 8.78 Å². The van der Waals surface area contributed by atoms with Crippen molar-refractivity contribution < 1.29 is 26.7 Å². The molecule has 200 valence electrons. The molecule has 2 fully saturated rings. The zero-order chi connectivity index (χ0) is 26.2. The van der Waals surface area contributed by atoms with E-state index in [-0.39, 0.29) is 11.5 Å². The van der Waals surface area contributed by atoms with E-state index in [1.165, 1.54) is 38.5 Å². The lowest BCUT2D eigenvalue weighted by molar-refractivity contribution is -0.226. The number of halogens is 4. The fourth-order valence-corrected chi connectivity index (χ4v) is 6.44. The Bertz CT molecular complexity index is 1200. The van der Waals surface area contributed by atoms with Crippen LogP contribution in [0, 0.1) is 42.2 Å². The van der Waals surface area contributed by atoms with Crippen molar-refractivity contribution in [3.8, 4) is 17.2 Å². The van der Waals surface area contributed by atoms with Crippen LogP contribution < -0.4 is 4.74 Å². The van der Waals surface area contributed by atoms with Gasteiger partial charge in [0, 0.05) is 5.56 Å². The van der Waals surface area contributed by atoms with Crippen molar-refractivity contribution >= 4 is 11.1 Å². The van der Waals surface area contributed by atoms with Crippen molar-refractivity contribution in [3.63, 3.8) is 0 Å². The minimum absolute atomic E-state index is 0.0127. The number of hydrogen-bond donors (Lipinski definition) is 0. The van der Waals surface area contributed by atoms with Gasteiger partial charge in [-0.15, -0.1) is 0 Å². The van der Waals surface area contributed by atoms with E-state index in [1.54, 1.807) is 12.1 Å². The predicted molar refractivity (Wildman–Crippen MR) is 135 cm³/mol. The molecule has 2 aliphatic carbocycles. The van der Waals surface area contributed by atoms with Crippen LogP contribution in [0.1, 0.15) is 76.7 Å². The van der Waals surface area contributed by atoms with Gasteiger partial charge in [0.1, 0.15) is 5.52 Å². The summed E-state index contributed by atoms with van der Waals surface area (Å²) < 4.78 is 70.2. The van der Waals surface area contributed by atoms with Gasteiger partial charge in [0.15, 0.2) is 23.0 Å². The van der Waals surface area contributed by atoms with E-state index in [4.69, 9.17) is 9.15 Å². The van der Waals surface area contributed by atoms with Crippen molar-refractivity contribution in [3.05, 3.63) is 47.5 Å². The molecule has 0 amide bonds. The molecule has 1 heterocycles. The third-order valence-electron chi connectivity index (χ3n) is 8.53. The Balaban J connectivity index is 1.23. The van der Waals surface area contributed by atoms with Gasteiger partial charge in [0.05, 0.1) is 5.92 Å². The van der Waals surface area contributed by atoms with Gasteiger partial charge in [-0.3, -0.25) is 0 Å². The minimum atomic E-state index is -3.65. The van der Waals surface area contributed by atoms with Gasteiger partial charge in [-0.1, -0.05) is 38.7 Å². The van der Waals surface area contributed by atoms with Crippen molar-refractivity contribution in [2.24, 2.45) is 23.7 Å². The first-order chi connectivity index (χ1) is 17.7. The summed E-state index contributed by atoms with van der Waals surface area (Å²) in [5, 5.41) is 0. The minimum Gasteiger partial charge on any atom is -0.436 e. The van der Waals surface area contributed by atoms with E-state index >= 15 is 8.78 Å². The molecular formula is C30H35F4NO2. The summed E-state index contributed by atoms with van der Waals surface area (Å²) in [6.07, 6.45) is 5.76. The number of rotatable bonds is 7. The molecule has 7 heteroatoms. The second kappa shape index (κ2) is 10.7. The Kier molecular flexibility index (Phi) is 7.51. The summed E-state index contributed by atoms with van der Waals surface area (Å²) in [4.78, 5) is 4.27. The quantitative estimate of drug-likeness (QED) is 0.293. The van der Waals surface area contributed by atoms with Crippen LogP contribution in [0.2, 0.25) is 0 Å². The highest BCUT2D eigenvalue weighted by Crippen LogP contribution is 2.46. The van der Waals surface area contributed by atoms with Crippen LogP contribution in [0.3, 0.4) is 0 Å². The van der Waals surface area contributed by atoms with Gasteiger partial charge in [-0.25, -0.2) is 13.8 Å². The van der Waals surface area contributed by atoms with E-state index < -0.39 is 29.4 Å². The molecule has 0 spiro atoms. The lowest BCUT2D eigenvalue weighted by atomic mass is 9.68. The molecule has 0 radical (unpaired) electrons. The lowest BCUT2D eigenvalue weighted by Gasteiger charge is -2.39. The first-order valence-electron chi connectivity index (χ1n) is 13.7. The summed E-state index contributed by atoms with van der Waals surface area (Å²) >= 11 is 0. The molecule has 2 aliphatic rings. The largest absolute Gasteiger partial charge is 0.436 e. The first-order valence-corrected chi connectivity index (χ1v) is 13.7. The summed E-state index contributed by atoms with van der Waals surface area (Å²) in [6.45, 7) is 4.12. The number of ether oxygens (including phenoxy) is 1. The van der Waals surface area contributed by atoms with Gasteiger partial charge >= 0.3 is 6.11 Å². The third kappa shape index (κ3) is 5.65. The number of fused-ring (bicyclic) bond motifs is 1. The van der Waals surface area contributed by atoms with E-state index in [2.05, 4.69) is 11.9 Å². The van der Waals surface area contributed by atoms with E-state index in [9.17, 15) is 8.78 Å². The van der Waals surface area contributed by atoms with Gasteiger partial charge in [0.25, 0.3) is 0 Å². The maximum Gasteiger partial charge on any atom is 0.400 e. The average molecular weight is 518 g/mol. The zero-order valence-electron chi connectivity index (χ0n) is 21.5. The topological polar surface area (TPSA) is 35.3 Å². The van der Waals surface area contributed by atoms with Crippen LogP contribution in [0.4, 0.5) is 17.6 Å². The van der Waals surface area contributed by atoms with Crippen molar-refractivity contribution in [1.29, 1.82) is 0 Å². The number of nitrogens with zero attached hydrogens (tertiary/aromatic N) is 1. The van der Waals surface area contributed by atoms with Crippen molar-refractivity contribution in [2.75, 3.05) is 0 Å². The Hall–Kier alpha value is -2.57. The lowest BCUT2D eigenvalue weighted by Crippen LogP contribution is -2.38. The first kappa shape index (κ1) is 26.1. The number of aryl methyl sites for hydroxylation is 1. The number of oxazole rings is 1. The molecule has 0 unspecified atom stereocenters. The van der Waals surface area contributed by atoms with Gasteiger partial charge in [0.2, 0.25) is 5.89 Å². The highest BCUT2D eigenvalue weighted by molar-refractivity contribution is 5.77. The number of benzene rings is 2. The molecular weight excluding hydrogens is 482 g/mol. The summed E-state index contributed by atoms with van der Waals surface area (Å²) in [5.74, 6) is -2.62. The maximum atomic E-state index is 15.1. The highest BCUT2D eigenvalue weighted by Gasteiger charge is 2.46. The molecule has 1 aromatic heterocycles. The number of hydrogen-bond acceptors (Lipinski definition) is 3. The normalized spacial score (nSPS) is 24.9.